The van der Waals surface area contributed by atoms with Gasteiger partial charge in [0.05, 0.1) is 11.2 Å². The van der Waals surface area contributed by atoms with Crippen LogP contribution in [0.1, 0.15) is 23.7 Å². The Bertz CT molecular complexity index is 459. The van der Waals surface area contributed by atoms with E-state index in [9.17, 15) is 15.0 Å². The molecule has 4 nitrogen and oxygen atoms in total. The third-order valence-corrected chi connectivity index (χ3v) is 3.60. The van der Waals surface area contributed by atoms with Gasteiger partial charge in [-0.25, -0.2) is 0 Å². The van der Waals surface area contributed by atoms with Crippen LogP contribution < -0.4 is 0 Å². The number of β-amino-alcohol motifs (C(OH)–C–C–N with tert-alkyl or cyclic N) is 1. The molecule has 5 heteroatoms. The summed E-state index contributed by atoms with van der Waals surface area (Å²) in [6, 6.07) is 4.92. The predicted molar refractivity (Wildman–Crippen MR) is 72.0 cm³/mol. The van der Waals surface area contributed by atoms with Crippen LogP contribution in [0.2, 0.25) is 0 Å². The lowest BCUT2D eigenvalue weighted by Crippen LogP contribution is -2.33. The van der Waals surface area contributed by atoms with Crippen molar-refractivity contribution in [1.82, 2.24) is 4.90 Å². The maximum atomic E-state index is 12.2. The van der Waals surface area contributed by atoms with Gasteiger partial charge in [-0.3, -0.25) is 4.79 Å². The monoisotopic (exact) mass is 347 g/mol. The van der Waals surface area contributed by atoms with Gasteiger partial charge < -0.3 is 15.1 Å². The molecule has 0 spiro atoms. The molecule has 1 aromatic rings. The number of carbonyl (C=O) groups excluding carboxylic acids is 1. The molecule has 1 unspecified atom stereocenters. The third kappa shape index (κ3) is 2.71. The number of hydrogen-bond acceptors (Lipinski definition) is 3. The summed E-state index contributed by atoms with van der Waals surface area (Å²) in [5.41, 5.74) is -0.512. The second-order valence-electron chi connectivity index (χ2n) is 4.64. The highest BCUT2D eigenvalue weighted by atomic mass is 127. The fraction of sp³-hybridized carbons (Fsp3) is 0.417. The molecule has 0 saturated carbocycles. The van der Waals surface area contributed by atoms with Crippen LogP contribution in [0.3, 0.4) is 0 Å². The molecule has 2 rings (SSSR count). The minimum absolute atomic E-state index is 0.0121. The van der Waals surface area contributed by atoms with Gasteiger partial charge >= 0.3 is 0 Å². The summed E-state index contributed by atoms with van der Waals surface area (Å²) in [7, 11) is 0. The Kier molecular flexibility index (Phi) is 3.31. The normalized spacial score (nSPS) is 24.1. The standard InChI is InChI=1S/C12H14INO3/c1-12(17)4-5-14(7-12)11(16)9-6-8(13)2-3-10(9)15/h2-3,6,15,17H,4-5,7H2,1H3. The molecular formula is C12H14INO3. The maximum absolute atomic E-state index is 12.2. The highest BCUT2D eigenvalue weighted by Crippen LogP contribution is 2.26. The molecule has 0 radical (unpaired) electrons. The molecule has 1 amide bonds. The van der Waals surface area contributed by atoms with E-state index < -0.39 is 5.60 Å². The Morgan fingerprint density at radius 2 is 2.24 bits per heavy atom. The Balaban J connectivity index is 2.23. The largest absolute Gasteiger partial charge is 0.507 e. The zero-order valence-electron chi connectivity index (χ0n) is 9.48. The number of aliphatic hydroxyl groups is 1. The maximum Gasteiger partial charge on any atom is 0.257 e. The van der Waals surface area contributed by atoms with Crippen molar-refractivity contribution < 1.29 is 15.0 Å². The molecule has 1 atom stereocenters. The number of amides is 1. The number of halogens is 1. The third-order valence-electron chi connectivity index (χ3n) is 2.93. The molecule has 0 aliphatic carbocycles. The van der Waals surface area contributed by atoms with Gasteiger partial charge in [-0.05, 0) is 54.1 Å². The Labute approximate surface area is 113 Å². The van der Waals surface area contributed by atoms with Crippen LogP contribution in [0, 0.1) is 3.57 Å². The molecule has 17 heavy (non-hydrogen) atoms. The first kappa shape index (κ1) is 12.6. The van der Waals surface area contributed by atoms with Crippen molar-refractivity contribution in [2.45, 2.75) is 18.9 Å². The van der Waals surface area contributed by atoms with E-state index in [-0.39, 0.29) is 11.7 Å². The molecule has 1 aliphatic rings. The summed E-state index contributed by atoms with van der Waals surface area (Å²) in [6.07, 6.45) is 0.573. The molecule has 92 valence electrons. The fourth-order valence-corrected chi connectivity index (χ4v) is 2.46. The van der Waals surface area contributed by atoms with E-state index in [1.165, 1.54) is 6.07 Å². The molecule has 0 bridgehead atoms. The van der Waals surface area contributed by atoms with Crippen LogP contribution in [0.4, 0.5) is 0 Å². The number of phenols is 1. The molecule has 1 fully saturated rings. The average Bonchev–Trinajstić information content (AvgIpc) is 2.61. The lowest BCUT2D eigenvalue weighted by molar-refractivity contribution is 0.0570. The van der Waals surface area contributed by atoms with E-state index in [0.29, 0.717) is 25.1 Å². The molecule has 1 aromatic carbocycles. The quantitative estimate of drug-likeness (QED) is 0.759. The van der Waals surface area contributed by atoms with Gasteiger partial charge in [-0.2, -0.15) is 0 Å². The van der Waals surface area contributed by atoms with Gasteiger partial charge in [0, 0.05) is 16.7 Å². The fourth-order valence-electron chi connectivity index (χ4n) is 1.97. The summed E-state index contributed by atoms with van der Waals surface area (Å²) in [4.78, 5) is 13.7. The van der Waals surface area contributed by atoms with E-state index in [4.69, 9.17) is 0 Å². The zero-order valence-corrected chi connectivity index (χ0v) is 11.6. The summed E-state index contributed by atoms with van der Waals surface area (Å²) in [5, 5.41) is 19.5. The molecule has 1 aliphatic heterocycles. The lowest BCUT2D eigenvalue weighted by Gasteiger charge is -2.19. The van der Waals surface area contributed by atoms with Crippen LogP contribution in [-0.2, 0) is 0 Å². The first-order valence-electron chi connectivity index (χ1n) is 5.39. The molecule has 1 heterocycles. The van der Waals surface area contributed by atoms with Crippen molar-refractivity contribution in [2.75, 3.05) is 13.1 Å². The van der Waals surface area contributed by atoms with Gasteiger partial charge in [-0.15, -0.1) is 0 Å². The summed E-state index contributed by atoms with van der Waals surface area (Å²) in [5.74, 6) is -0.235. The average molecular weight is 347 g/mol. The summed E-state index contributed by atoms with van der Waals surface area (Å²) < 4.78 is 0.898. The second kappa shape index (κ2) is 4.45. The van der Waals surface area contributed by atoms with E-state index in [2.05, 4.69) is 22.6 Å². The van der Waals surface area contributed by atoms with Crippen molar-refractivity contribution in [3.63, 3.8) is 0 Å². The molecule has 2 N–H and O–H groups in total. The first-order chi connectivity index (χ1) is 7.89. The molecular weight excluding hydrogens is 333 g/mol. The minimum Gasteiger partial charge on any atom is -0.507 e. The Morgan fingerprint density at radius 1 is 1.53 bits per heavy atom. The highest BCUT2D eigenvalue weighted by Gasteiger charge is 2.34. The number of phenolic OH excluding ortho intramolecular Hbond substituents is 1. The minimum atomic E-state index is -0.812. The van der Waals surface area contributed by atoms with Crippen LogP contribution in [-0.4, -0.2) is 39.7 Å². The topological polar surface area (TPSA) is 60.8 Å². The first-order valence-corrected chi connectivity index (χ1v) is 6.47. The van der Waals surface area contributed by atoms with Crippen molar-refractivity contribution in [2.24, 2.45) is 0 Å². The van der Waals surface area contributed by atoms with E-state index in [1.807, 2.05) is 0 Å². The summed E-state index contributed by atoms with van der Waals surface area (Å²) >= 11 is 2.09. The SMILES string of the molecule is CC1(O)CCN(C(=O)c2cc(I)ccc2O)C1. The molecule has 1 saturated heterocycles. The van der Waals surface area contributed by atoms with Crippen molar-refractivity contribution in [1.29, 1.82) is 0 Å². The van der Waals surface area contributed by atoms with Crippen molar-refractivity contribution >= 4 is 28.5 Å². The summed E-state index contributed by atoms with van der Waals surface area (Å²) in [6.45, 7) is 2.56. The number of rotatable bonds is 1. The number of nitrogens with zero attached hydrogens (tertiary/aromatic N) is 1. The van der Waals surface area contributed by atoms with E-state index in [1.54, 1.807) is 24.0 Å². The number of aromatic hydroxyl groups is 1. The van der Waals surface area contributed by atoms with Gasteiger partial charge in [0.15, 0.2) is 0 Å². The second-order valence-corrected chi connectivity index (χ2v) is 5.88. The van der Waals surface area contributed by atoms with Crippen LogP contribution >= 0.6 is 22.6 Å². The van der Waals surface area contributed by atoms with E-state index >= 15 is 0 Å². The van der Waals surface area contributed by atoms with Gasteiger partial charge in [0.25, 0.3) is 5.91 Å². The zero-order chi connectivity index (χ0) is 12.6. The molecule has 0 aromatic heterocycles. The van der Waals surface area contributed by atoms with Crippen LogP contribution in [0.15, 0.2) is 18.2 Å². The Hall–Kier alpha value is -0.820. The van der Waals surface area contributed by atoms with Gasteiger partial charge in [0.1, 0.15) is 5.75 Å². The number of benzene rings is 1. The number of likely N-dealkylation sites (tertiary alicyclic amines) is 1. The van der Waals surface area contributed by atoms with Crippen molar-refractivity contribution in [3.8, 4) is 5.75 Å². The van der Waals surface area contributed by atoms with Crippen LogP contribution in [0.5, 0.6) is 5.75 Å². The van der Waals surface area contributed by atoms with Crippen molar-refractivity contribution in [3.05, 3.63) is 27.3 Å². The predicted octanol–water partition coefficient (Wildman–Crippen LogP) is 1.59. The van der Waals surface area contributed by atoms with Gasteiger partial charge in [0.2, 0.25) is 0 Å². The van der Waals surface area contributed by atoms with Crippen LogP contribution in [0.25, 0.3) is 0 Å². The lowest BCUT2D eigenvalue weighted by atomic mass is 10.1. The van der Waals surface area contributed by atoms with Gasteiger partial charge in [-0.1, -0.05) is 0 Å². The number of hydrogen-bond donors (Lipinski definition) is 2. The highest BCUT2D eigenvalue weighted by molar-refractivity contribution is 14.1. The Morgan fingerprint density at radius 3 is 2.82 bits per heavy atom. The smallest absolute Gasteiger partial charge is 0.257 e. The van der Waals surface area contributed by atoms with E-state index in [0.717, 1.165) is 3.57 Å². The number of carbonyl (C=O) groups is 1.